The minimum atomic E-state index is -0.965. The molecular formula is C13H13NO3. The number of aldehydes is 1. The number of hydrogen-bond donors (Lipinski definition) is 1. The van der Waals surface area contributed by atoms with E-state index in [9.17, 15) is 9.59 Å². The van der Waals surface area contributed by atoms with E-state index in [1.165, 1.54) is 0 Å². The average Bonchev–Trinajstić information content (AvgIpc) is 2.61. The monoisotopic (exact) mass is 231 g/mol. The number of aromatic nitrogens is 1. The van der Waals surface area contributed by atoms with Gasteiger partial charge in [0.1, 0.15) is 0 Å². The van der Waals surface area contributed by atoms with Crippen molar-refractivity contribution in [1.29, 1.82) is 0 Å². The third-order valence-corrected chi connectivity index (χ3v) is 3.08. The first-order valence-electron chi connectivity index (χ1n) is 5.25. The molecule has 0 aliphatic heterocycles. The van der Waals surface area contributed by atoms with Crippen LogP contribution in [-0.2, 0) is 7.05 Å². The summed E-state index contributed by atoms with van der Waals surface area (Å²) in [6.07, 6.45) is 2.49. The molecular weight excluding hydrogens is 218 g/mol. The molecule has 2 aromatic rings. The Kier molecular flexibility index (Phi) is 2.50. The summed E-state index contributed by atoms with van der Waals surface area (Å²) in [5.74, 6) is -0.965. The number of fused-ring (bicyclic) bond motifs is 1. The van der Waals surface area contributed by atoms with Gasteiger partial charge >= 0.3 is 5.97 Å². The van der Waals surface area contributed by atoms with Crippen LogP contribution in [0.2, 0.25) is 0 Å². The van der Waals surface area contributed by atoms with Crippen molar-refractivity contribution in [2.24, 2.45) is 7.05 Å². The quantitative estimate of drug-likeness (QED) is 0.807. The lowest BCUT2D eigenvalue weighted by Gasteiger charge is -2.08. The van der Waals surface area contributed by atoms with Crippen LogP contribution in [0.4, 0.5) is 0 Å². The highest BCUT2D eigenvalue weighted by atomic mass is 16.4. The van der Waals surface area contributed by atoms with Crippen molar-refractivity contribution in [3.8, 4) is 0 Å². The molecule has 0 radical (unpaired) electrons. The molecule has 0 unspecified atom stereocenters. The number of benzene rings is 1. The van der Waals surface area contributed by atoms with Crippen LogP contribution < -0.4 is 0 Å². The predicted octanol–water partition coefficient (Wildman–Crippen LogP) is 2.31. The van der Waals surface area contributed by atoms with Gasteiger partial charge in [-0.15, -0.1) is 0 Å². The largest absolute Gasteiger partial charge is 0.478 e. The molecule has 1 N–H and O–H groups in total. The number of aromatic carboxylic acids is 1. The summed E-state index contributed by atoms with van der Waals surface area (Å²) in [7, 11) is 1.85. The number of rotatable bonds is 2. The van der Waals surface area contributed by atoms with Gasteiger partial charge in [0.2, 0.25) is 0 Å². The maximum atomic E-state index is 11.1. The number of carboxylic acids is 1. The standard InChI is InChI=1S/C13H13NO3/c1-7-4-10(13(16)17)8(2)11-9(6-15)5-14(3)12(7)11/h4-6H,1-3H3,(H,16,17). The maximum Gasteiger partial charge on any atom is 0.335 e. The van der Waals surface area contributed by atoms with Crippen molar-refractivity contribution >= 4 is 23.2 Å². The van der Waals surface area contributed by atoms with Gasteiger partial charge in [0, 0.05) is 24.2 Å². The summed E-state index contributed by atoms with van der Waals surface area (Å²) in [6, 6.07) is 1.65. The zero-order chi connectivity index (χ0) is 12.7. The molecule has 0 saturated carbocycles. The Morgan fingerprint density at radius 3 is 2.59 bits per heavy atom. The molecule has 0 aliphatic carbocycles. The second-order valence-electron chi connectivity index (χ2n) is 4.21. The van der Waals surface area contributed by atoms with Gasteiger partial charge in [0.05, 0.1) is 11.1 Å². The van der Waals surface area contributed by atoms with Crippen molar-refractivity contribution in [3.63, 3.8) is 0 Å². The summed E-state index contributed by atoms with van der Waals surface area (Å²) in [5, 5.41) is 9.86. The van der Waals surface area contributed by atoms with Gasteiger partial charge < -0.3 is 9.67 Å². The topological polar surface area (TPSA) is 59.3 Å². The Morgan fingerprint density at radius 2 is 2.06 bits per heavy atom. The van der Waals surface area contributed by atoms with Gasteiger partial charge in [-0.25, -0.2) is 4.79 Å². The van der Waals surface area contributed by atoms with Crippen LogP contribution in [0.15, 0.2) is 12.3 Å². The molecule has 0 atom stereocenters. The van der Waals surface area contributed by atoms with E-state index in [4.69, 9.17) is 5.11 Å². The zero-order valence-electron chi connectivity index (χ0n) is 9.94. The molecule has 4 heteroatoms. The second-order valence-corrected chi connectivity index (χ2v) is 4.21. The third-order valence-electron chi connectivity index (χ3n) is 3.08. The average molecular weight is 231 g/mol. The molecule has 1 heterocycles. The molecule has 0 bridgehead atoms. The number of carboxylic acid groups (broad SMARTS) is 1. The highest BCUT2D eigenvalue weighted by Gasteiger charge is 2.17. The second kappa shape index (κ2) is 3.73. The van der Waals surface area contributed by atoms with E-state index in [2.05, 4.69) is 0 Å². The van der Waals surface area contributed by atoms with Crippen LogP contribution >= 0.6 is 0 Å². The van der Waals surface area contributed by atoms with Gasteiger partial charge in [-0.2, -0.15) is 0 Å². The number of aryl methyl sites for hydroxylation is 3. The van der Waals surface area contributed by atoms with Crippen molar-refractivity contribution in [3.05, 3.63) is 34.5 Å². The Labute approximate surface area is 98.5 Å². The van der Waals surface area contributed by atoms with E-state index in [0.29, 0.717) is 11.1 Å². The van der Waals surface area contributed by atoms with Crippen molar-refractivity contribution < 1.29 is 14.7 Å². The van der Waals surface area contributed by atoms with E-state index in [1.54, 1.807) is 19.2 Å². The highest BCUT2D eigenvalue weighted by Crippen LogP contribution is 2.29. The number of hydrogen-bond acceptors (Lipinski definition) is 2. The molecule has 1 aromatic heterocycles. The normalized spacial score (nSPS) is 10.8. The first kappa shape index (κ1) is 11.4. The molecule has 17 heavy (non-hydrogen) atoms. The third kappa shape index (κ3) is 1.53. The van der Waals surface area contributed by atoms with Gasteiger partial charge in [0.25, 0.3) is 0 Å². The van der Waals surface area contributed by atoms with Crippen molar-refractivity contribution in [2.45, 2.75) is 13.8 Å². The molecule has 0 aliphatic rings. The Balaban J connectivity index is 3.01. The van der Waals surface area contributed by atoms with Gasteiger partial charge in [0.15, 0.2) is 6.29 Å². The fraction of sp³-hybridized carbons (Fsp3) is 0.231. The maximum absolute atomic E-state index is 11.1. The highest BCUT2D eigenvalue weighted by molar-refractivity contribution is 6.05. The molecule has 0 saturated heterocycles. The molecule has 1 aromatic carbocycles. The lowest BCUT2D eigenvalue weighted by molar-refractivity contribution is 0.0696. The molecule has 4 nitrogen and oxygen atoms in total. The van der Waals surface area contributed by atoms with Gasteiger partial charge in [-0.3, -0.25) is 4.79 Å². The number of carbonyl (C=O) groups is 2. The molecule has 0 amide bonds. The van der Waals surface area contributed by atoms with Gasteiger partial charge in [-0.1, -0.05) is 0 Å². The summed E-state index contributed by atoms with van der Waals surface area (Å²) in [6.45, 7) is 3.58. The van der Waals surface area contributed by atoms with E-state index in [0.717, 1.165) is 22.8 Å². The lowest BCUT2D eigenvalue weighted by Crippen LogP contribution is -2.02. The van der Waals surface area contributed by atoms with E-state index >= 15 is 0 Å². The molecule has 0 spiro atoms. The minimum Gasteiger partial charge on any atom is -0.478 e. The SMILES string of the molecule is Cc1c(C(=O)O)cc(C)c2c1c(C=O)cn2C. The summed E-state index contributed by atoms with van der Waals surface area (Å²) >= 11 is 0. The number of carbonyl (C=O) groups excluding carboxylic acids is 1. The van der Waals surface area contributed by atoms with Crippen LogP contribution in [0.1, 0.15) is 31.8 Å². The van der Waals surface area contributed by atoms with Crippen LogP contribution in [0.25, 0.3) is 10.9 Å². The zero-order valence-corrected chi connectivity index (χ0v) is 9.94. The van der Waals surface area contributed by atoms with Crippen LogP contribution in [0.5, 0.6) is 0 Å². The van der Waals surface area contributed by atoms with Crippen LogP contribution in [0.3, 0.4) is 0 Å². The molecule has 0 fully saturated rings. The van der Waals surface area contributed by atoms with E-state index < -0.39 is 5.97 Å². The Hall–Kier alpha value is -2.10. The minimum absolute atomic E-state index is 0.254. The lowest BCUT2D eigenvalue weighted by atomic mass is 9.98. The van der Waals surface area contributed by atoms with E-state index in [1.807, 2.05) is 18.5 Å². The smallest absolute Gasteiger partial charge is 0.335 e. The van der Waals surface area contributed by atoms with Crippen molar-refractivity contribution in [2.75, 3.05) is 0 Å². The summed E-state index contributed by atoms with van der Waals surface area (Å²) in [5.41, 5.74) is 3.20. The van der Waals surface area contributed by atoms with Gasteiger partial charge in [-0.05, 0) is 31.0 Å². The Morgan fingerprint density at radius 1 is 1.41 bits per heavy atom. The predicted molar refractivity (Wildman–Crippen MR) is 64.7 cm³/mol. The van der Waals surface area contributed by atoms with Crippen LogP contribution in [0, 0.1) is 13.8 Å². The summed E-state index contributed by atoms with van der Waals surface area (Å²) in [4.78, 5) is 22.1. The van der Waals surface area contributed by atoms with E-state index in [-0.39, 0.29) is 5.56 Å². The fourth-order valence-electron chi connectivity index (χ4n) is 2.36. The van der Waals surface area contributed by atoms with Crippen molar-refractivity contribution in [1.82, 2.24) is 4.57 Å². The molecule has 2 rings (SSSR count). The number of nitrogens with zero attached hydrogens (tertiary/aromatic N) is 1. The van der Waals surface area contributed by atoms with Crippen LogP contribution in [-0.4, -0.2) is 21.9 Å². The fourth-order valence-corrected chi connectivity index (χ4v) is 2.36. The summed E-state index contributed by atoms with van der Waals surface area (Å²) < 4.78 is 1.85. The molecule has 88 valence electrons. The first-order chi connectivity index (χ1) is 7.97. The Bertz CT molecular complexity index is 638. The first-order valence-corrected chi connectivity index (χ1v) is 5.25.